The Morgan fingerprint density at radius 2 is 2.08 bits per heavy atom. The number of H-pyrrole nitrogens is 1. The number of nitrogens with one attached hydrogen (secondary N) is 2. The van der Waals surface area contributed by atoms with Crippen molar-refractivity contribution in [3.63, 3.8) is 0 Å². The molecule has 8 nitrogen and oxygen atoms in total. The van der Waals surface area contributed by atoms with E-state index in [4.69, 9.17) is 4.74 Å². The summed E-state index contributed by atoms with van der Waals surface area (Å²) in [6.07, 6.45) is 1.12. The van der Waals surface area contributed by atoms with Gasteiger partial charge >= 0.3 is 11.7 Å². The molecule has 2 rings (SSSR count). The highest BCUT2D eigenvalue weighted by Gasteiger charge is 2.22. The van der Waals surface area contributed by atoms with Gasteiger partial charge in [0.1, 0.15) is 6.04 Å². The van der Waals surface area contributed by atoms with Gasteiger partial charge in [-0.05, 0) is 12.0 Å². The Balaban J connectivity index is 1.97. The van der Waals surface area contributed by atoms with Crippen molar-refractivity contribution in [2.75, 3.05) is 12.9 Å². The van der Waals surface area contributed by atoms with E-state index in [0.717, 1.165) is 23.7 Å². The second-order valence-corrected chi connectivity index (χ2v) is 6.53. The zero-order valence-corrected chi connectivity index (χ0v) is 15.5. The van der Waals surface area contributed by atoms with Crippen molar-refractivity contribution in [3.05, 3.63) is 46.4 Å². The molecule has 2 aromatic rings. The second-order valence-electron chi connectivity index (χ2n) is 5.58. The van der Waals surface area contributed by atoms with Gasteiger partial charge in [0, 0.05) is 13.0 Å². The van der Waals surface area contributed by atoms with Crippen LogP contribution >= 0.6 is 11.8 Å². The number of amides is 1. The van der Waals surface area contributed by atoms with Crippen molar-refractivity contribution in [1.82, 2.24) is 20.1 Å². The van der Waals surface area contributed by atoms with Crippen LogP contribution in [0, 0.1) is 0 Å². The summed E-state index contributed by atoms with van der Waals surface area (Å²) in [4.78, 5) is 35.9. The van der Waals surface area contributed by atoms with Crippen LogP contribution < -0.4 is 11.0 Å². The van der Waals surface area contributed by atoms with Gasteiger partial charge < -0.3 is 10.1 Å². The molecule has 0 fully saturated rings. The van der Waals surface area contributed by atoms with Crippen LogP contribution in [0.25, 0.3) is 0 Å². The van der Waals surface area contributed by atoms with E-state index in [9.17, 15) is 14.4 Å². The summed E-state index contributed by atoms with van der Waals surface area (Å²) in [5.41, 5.74) is 0.617. The molecule has 140 valence electrons. The molecule has 0 radical (unpaired) electrons. The largest absolute Gasteiger partial charge is 0.467 e. The minimum absolute atomic E-state index is 0.0380. The zero-order valence-electron chi connectivity index (χ0n) is 14.7. The van der Waals surface area contributed by atoms with Crippen molar-refractivity contribution in [1.29, 1.82) is 0 Å². The highest BCUT2D eigenvalue weighted by molar-refractivity contribution is 7.99. The van der Waals surface area contributed by atoms with E-state index in [1.165, 1.54) is 11.7 Å². The number of hydrogen-bond acceptors (Lipinski definition) is 6. The van der Waals surface area contributed by atoms with Gasteiger partial charge in [-0.15, -0.1) is 5.10 Å². The molecule has 0 saturated heterocycles. The molecule has 26 heavy (non-hydrogen) atoms. The van der Waals surface area contributed by atoms with Crippen molar-refractivity contribution in [2.45, 2.75) is 37.5 Å². The topological polar surface area (TPSA) is 106 Å². The summed E-state index contributed by atoms with van der Waals surface area (Å²) in [7, 11) is 1.29. The van der Waals surface area contributed by atoms with Crippen molar-refractivity contribution in [2.24, 2.45) is 0 Å². The van der Waals surface area contributed by atoms with E-state index in [-0.39, 0.29) is 17.3 Å². The maximum Gasteiger partial charge on any atom is 0.343 e. The Hall–Kier alpha value is -2.55. The van der Waals surface area contributed by atoms with Crippen LogP contribution in [-0.2, 0) is 27.3 Å². The van der Waals surface area contributed by atoms with E-state index in [1.54, 1.807) is 0 Å². The number of benzene rings is 1. The highest BCUT2D eigenvalue weighted by atomic mass is 32.2. The Bertz CT molecular complexity index is 788. The monoisotopic (exact) mass is 378 g/mol. The van der Waals surface area contributed by atoms with Crippen LogP contribution in [0.2, 0.25) is 0 Å². The molecular weight excluding hydrogens is 356 g/mol. The number of rotatable bonds is 9. The quantitative estimate of drug-likeness (QED) is 0.498. The Kier molecular flexibility index (Phi) is 7.46. The number of nitrogens with zero attached hydrogens (tertiary/aromatic N) is 2. The number of ether oxygens (including phenoxy) is 1. The standard InChI is InChI=1S/C17H22N4O4S/c1-3-9-21-16(24)19-20-17(21)26-11-14(22)18-13(15(23)25-2)10-12-7-5-4-6-8-12/h4-8,13H,3,9-11H2,1-2H3,(H,18,22)(H,19,24)/t13-/m1/s1. The first-order chi connectivity index (χ1) is 12.5. The molecule has 1 heterocycles. The first-order valence-corrected chi connectivity index (χ1v) is 9.22. The Morgan fingerprint density at radius 3 is 2.73 bits per heavy atom. The number of carbonyl (C=O) groups is 2. The summed E-state index contributed by atoms with van der Waals surface area (Å²) in [5.74, 6) is -0.800. The Morgan fingerprint density at radius 1 is 1.35 bits per heavy atom. The van der Waals surface area contributed by atoms with Crippen molar-refractivity contribution in [3.8, 4) is 0 Å². The van der Waals surface area contributed by atoms with Gasteiger partial charge in [0.05, 0.1) is 12.9 Å². The fourth-order valence-electron chi connectivity index (χ4n) is 2.39. The van der Waals surface area contributed by atoms with Crippen LogP contribution in [0.15, 0.2) is 40.3 Å². The normalized spacial score (nSPS) is 11.8. The predicted octanol–water partition coefficient (Wildman–Crippen LogP) is 0.974. The third-order valence-corrected chi connectivity index (χ3v) is 4.58. The van der Waals surface area contributed by atoms with E-state index in [2.05, 4.69) is 15.5 Å². The van der Waals surface area contributed by atoms with Gasteiger partial charge in [0.15, 0.2) is 5.16 Å². The van der Waals surface area contributed by atoms with Crippen LogP contribution in [-0.4, -0.2) is 45.5 Å². The summed E-state index contributed by atoms with van der Waals surface area (Å²) in [5, 5.41) is 9.43. The molecule has 1 aromatic heterocycles. The minimum atomic E-state index is -0.771. The molecule has 2 N–H and O–H groups in total. The lowest BCUT2D eigenvalue weighted by Gasteiger charge is -2.16. The fourth-order valence-corrected chi connectivity index (χ4v) is 3.17. The average molecular weight is 378 g/mol. The molecule has 0 aliphatic rings. The third-order valence-electron chi connectivity index (χ3n) is 3.61. The van der Waals surface area contributed by atoms with Gasteiger partial charge in [-0.1, -0.05) is 49.0 Å². The zero-order chi connectivity index (χ0) is 18.9. The van der Waals surface area contributed by atoms with E-state index < -0.39 is 12.0 Å². The van der Waals surface area contributed by atoms with Crippen molar-refractivity contribution >= 4 is 23.6 Å². The van der Waals surface area contributed by atoms with Crippen LogP contribution in [0.4, 0.5) is 0 Å². The van der Waals surface area contributed by atoms with E-state index in [1.807, 2.05) is 37.3 Å². The average Bonchev–Trinajstić information content (AvgIpc) is 3.00. The maximum absolute atomic E-state index is 12.2. The number of carbonyl (C=O) groups excluding carboxylic acids is 2. The SMILES string of the molecule is CCCn1c(SCC(=O)N[C@H](Cc2ccccc2)C(=O)OC)n[nH]c1=O. The number of esters is 1. The minimum Gasteiger partial charge on any atom is -0.467 e. The molecule has 0 spiro atoms. The number of aromatic nitrogens is 3. The summed E-state index contributed by atoms with van der Waals surface area (Å²) in [6, 6.07) is 8.60. The van der Waals surface area contributed by atoms with Crippen LogP contribution in [0.1, 0.15) is 18.9 Å². The van der Waals surface area contributed by atoms with Gasteiger partial charge in [0.2, 0.25) is 5.91 Å². The molecule has 0 bridgehead atoms. The number of methoxy groups -OCH3 is 1. The highest BCUT2D eigenvalue weighted by Crippen LogP contribution is 2.13. The van der Waals surface area contributed by atoms with E-state index in [0.29, 0.717) is 18.1 Å². The van der Waals surface area contributed by atoms with Gasteiger partial charge in [-0.25, -0.2) is 14.7 Å². The third kappa shape index (κ3) is 5.48. The number of aromatic amines is 1. The Labute approximate surface area is 155 Å². The van der Waals surface area contributed by atoms with Gasteiger partial charge in [0.25, 0.3) is 0 Å². The predicted molar refractivity (Wildman–Crippen MR) is 98.0 cm³/mol. The lowest BCUT2D eigenvalue weighted by molar-refractivity contribution is -0.144. The molecule has 0 saturated carbocycles. The first kappa shape index (κ1) is 19.8. The molecule has 1 atom stereocenters. The number of thioether (sulfide) groups is 1. The van der Waals surface area contributed by atoms with Crippen LogP contribution in [0.3, 0.4) is 0 Å². The van der Waals surface area contributed by atoms with Crippen LogP contribution in [0.5, 0.6) is 0 Å². The van der Waals surface area contributed by atoms with Gasteiger partial charge in [-0.2, -0.15) is 0 Å². The summed E-state index contributed by atoms with van der Waals surface area (Å²) in [6.45, 7) is 2.48. The maximum atomic E-state index is 12.2. The smallest absolute Gasteiger partial charge is 0.343 e. The second kappa shape index (κ2) is 9.81. The summed E-state index contributed by atoms with van der Waals surface area (Å²) < 4.78 is 6.27. The number of hydrogen-bond donors (Lipinski definition) is 2. The molecule has 0 aliphatic heterocycles. The summed E-state index contributed by atoms with van der Waals surface area (Å²) >= 11 is 1.14. The van der Waals surface area contributed by atoms with Gasteiger partial charge in [-0.3, -0.25) is 9.36 Å². The first-order valence-electron chi connectivity index (χ1n) is 8.24. The lowest BCUT2D eigenvalue weighted by atomic mass is 10.1. The molecule has 0 unspecified atom stereocenters. The fraction of sp³-hybridized carbons (Fsp3) is 0.412. The molecule has 1 aromatic carbocycles. The molecule has 1 amide bonds. The lowest BCUT2D eigenvalue weighted by Crippen LogP contribution is -2.43. The molecule has 0 aliphatic carbocycles. The van der Waals surface area contributed by atoms with Crippen molar-refractivity contribution < 1.29 is 14.3 Å². The molecule has 9 heteroatoms. The van der Waals surface area contributed by atoms with E-state index >= 15 is 0 Å². The molecular formula is C17H22N4O4S.